The molecule has 37 heavy (non-hydrogen) atoms. The molecule has 5 rings (SSSR count). The first-order chi connectivity index (χ1) is 17.7. The second-order valence-electron chi connectivity index (χ2n) is 9.85. The molecule has 2 amide bonds. The van der Waals surface area contributed by atoms with E-state index in [4.69, 9.17) is 9.40 Å². The highest BCUT2D eigenvalue weighted by Gasteiger charge is 2.32. The lowest BCUT2D eigenvalue weighted by atomic mass is 10.00. The molecule has 8 nitrogen and oxygen atoms in total. The minimum absolute atomic E-state index is 0.150. The van der Waals surface area contributed by atoms with Crippen LogP contribution in [0.4, 0.5) is 26.4 Å². The molecule has 0 fully saturated rings. The van der Waals surface area contributed by atoms with Crippen molar-refractivity contribution in [1.82, 2.24) is 15.0 Å². The van der Waals surface area contributed by atoms with Crippen LogP contribution < -0.4 is 15.5 Å². The number of fused-ring (bicyclic) bond motifs is 1. The lowest BCUT2D eigenvalue weighted by molar-refractivity contribution is 0.221. The van der Waals surface area contributed by atoms with E-state index in [1.807, 2.05) is 43.3 Å². The Morgan fingerprint density at radius 3 is 2.70 bits per heavy atom. The molecule has 0 radical (unpaired) electrons. The van der Waals surface area contributed by atoms with E-state index in [9.17, 15) is 9.18 Å². The predicted molar refractivity (Wildman–Crippen MR) is 142 cm³/mol. The first kappa shape index (κ1) is 24.4. The van der Waals surface area contributed by atoms with Gasteiger partial charge >= 0.3 is 6.03 Å². The van der Waals surface area contributed by atoms with Gasteiger partial charge in [0, 0.05) is 47.4 Å². The van der Waals surface area contributed by atoms with E-state index < -0.39 is 5.67 Å². The molecule has 1 aliphatic rings. The number of aromatic nitrogens is 3. The number of hydrogen-bond acceptors (Lipinski definition) is 6. The van der Waals surface area contributed by atoms with Crippen molar-refractivity contribution in [3.63, 3.8) is 0 Å². The molecule has 4 aromatic rings. The molecule has 0 aliphatic carbocycles. The largest absolute Gasteiger partial charge is 0.444 e. The van der Waals surface area contributed by atoms with E-state index in [0.717, 1.165) is 11.3 Å². The number of nitrogens with one attached hydrogen (secondary N) is 2. The zero-order valence-corrected chi connectivity index (χ0v) is 21.2. The van der Waals surface area contributed by atoms with Gasteiger partial charge in [-0.3, -0.25) is 9.88 Å². The molecule has 2 atom stereocenters. The number of carbonyl (C=O) groups is 1. The molecule has 1 aliphatic heterocycles. The van der Waals surface area contributed by atoms with E-state index >= 15 is 0 Å². The average molecular weight is 501 g/mol. The van der Waals surface area contributed by atoms with E-state index in [-0.39, 0.29) is 18.0 Å². The van der Waals surface area contributed by atoms with Gasteiger partial charge in [-0.25, -0.2) is 19.2 Å². The molecule has 3 aromatic heterocycles. The minimum Gasteiger partial charge on any atom is -0.444 e. The summed E-state index contributed by atoms with van der Waals surface area (Å²) in [5.74, 6) is 1.27. The highest BCUT2D eigenvalue weighted by atomic mass is 19.1. The minimum atomic E-state index is -1.54. The molecular formula is C28H29FN6O2. The van der Waals surface area contributed by atoms with Crippen LogP contribution in [0.1, 0.15) is 33.3 Å². The number of urea groups is 1. The van der Waals surface area contributed by atoms with Gasteiger partial charge in [0.25, 0.3) is 0 Å². The van der Waals surface area contributed by atoms with Gasteiger partial charge in [0.1, 0.15) is 5.67 Å². The number of hydrogen-bond donors (Lipinski definition) is 2. The van der Waals surface area contributed by atoms with E-state index in [0.29, 0.717) is 40.6 Å². The summed E-state index contributed by atoms with van der Waals surface area (Å²) in [6.07, 6.45) is 6.17. The van der Waals surface area contributed by atoms with E-state index in [1.165, 1.54) is 26.4 Å². The summed E-state index contributed by atoms with van der Waals surface area (Å²) in [7, 11) is 0. The van der Waals surface area contributed by atoms with Crippen molar-refractivity contribution in [2.45, 2.75) is 39.4 Å². The van der Waals surface area contributed by atoms with Gasteiger partial charge in [-0.1, -0.05) is 19.1 Å². The standard InChI is InChI=1S/C28H29FN6O2/c1-17-12-32-24-9-8-23(20-10-21(14-30-13-20)28(3,4)29)34-26(24)35(18(17)2)27(36)33-22-7-5-6-19(11-22)25-15-31-16-37-25/h5-11,13-18,32H,12H2,1-4H3,(H,33,36)/t17-,18-/m1/s1. The maximum atomic E-state index is 14.6. The van der Waals surface area contributed by atoms with Gasteiger partial charge in [-0.15, -0.1) is 0 Å². The Hall–Kier alpha value is -4.27. The second kappa shape index (κ2) is 9.65. The molecular weight excluding hydrogens is 471 g/mol. The van der Waals surface area contributed by atoms with Crippen molar-refractivity contribution in [2.24, 2.45) is 5.92 Å². The Labute approximate surface area is 215 Å². The molecule has 190 valence electrons. The maximum absolute atomic E-state index is 14.6. The smallest absolute Gasteiger partial charge is 0.327 e. The quantitative estimate of drug-likeness (QED) is 0.332. The van der Waals surface area contributed by atoms with Crippen molar-refractivity contribution in [1.29, 1.82) is 0 Å². The number of carbonyl (C=O) groups excluding carboxylic acids is 1. The first-order valence-electron chi connectivity index (χ1n) is 12.2. The topological polar surface area (TPSA) is 96.2 Å². The number of anilines is 3. The van der Waals surface area contributed by atoms with Crippen molar-refractivity contribution >= 4 is 23.2 Å². The molecule has 4 heterocycles. The molecule has 0 bridgehead atoms. The second-order valence-corrected chi connectivity index (χ2v) is 9.85. The molecule has 0 unspecified atom stereocenters. The molecule has 1 aromatic carbocycles. The lowest BCUT2D eigenvalue weighted by Crippen LogP contribution is -2.45. The van der Waals surface area contributed by atoms with Crippen molar-refractivity contribution in [2.75, 3.05) is 22.1 Å². The van der Waals surface area contributed by atoms with Crippen molar-refractivity contribution < 1.29 is 13.6 Å². The van der Waals surface area contributed by atoms with Crippen LogP contribution in [0.2, 0.25) is 0 Å². The number of nitrogens with zero attached hydrogens (tertiary/aromatic N) is 4. The number of amides is 2. The van der Waals surface area contributed by atoms with Gasteiger partial charge in [0.15, 0.2) is 18.0 Å². The number of alkyl halides is 1. The summed E-state index contributed by atoms with van der Waals surface area (Å²) in [5.41, 5.74) is 2.38. The normalized spacial score (nSPS) is 17.5. The average Bonchev–Trinajstić information content (AvgIpc) is 3.39. The number of oxazole rings is 1. The van der Waals surface area contributed by atoms with Gasteiger partial charge in [-0.2, -0.15) is 0 Å². The van der Waals surface area contributed by atoms with Crippen molar-refractivity contribution in [3.8, 4) is 22.6 Å². The Morgan fingerprint density at radius 2 is 1.95 bits per heavy atom. The molecule has 0 saturated heterocycles. The van der Waals surface area contributed by atoms with Crippen LogP contribution in [0.5, 0.6) is 0 Å². The number of pyridine rings is 2. The zero-order valence-electron chi connectivity index (χ0n) is 21.2. The fourth-order valence-electron chi connectivity index (χ4n) is 4.30. The third-order valence-electron chi connectivity index (χ3n) is 6.72. The van der Waals surface area contributed by atoms with Crippen LogP contribution >= 0.6 is 0 Å². The van der Waals surface area contributed by atoms with Crippen LogP contribution in [0.3, 0.4) is 0 Å². The summed E-state index contributed by atoms with van der Waals surface area (Å²) >= 11 is 0. The third kappa shape index (κ3) is 5.02. The fourth-order valence-corrected chi connectivity index (χ4v) is 4.30. The van der Waals surface area contributed by atoms with Gasteiger partial charge in [0.2, 0.25) is 0 Å². The highest BCUT2D eigenvalue weighted by Crippen LogP contribution is 2.35. The van der Waals surface area contributed by atoms with Crippen LogP contribution in [0.15, 0.2) is 71.9 Å². The summed E-state index contributed by atoms with van der Waals surface area (Å²) in [6.45, 7) is 7.77. The van der Waals surface area contributed by atoms with Crippen molar-refractivity contribution in [3.05, 3.63) is 73.0 Å². The Balaban J connectivity index is 1.51. The van der Waals surface area contributed by atoms with Crippen LogP contribution in [0.25, 0.3) is 22.6 Å². The van der Waals surface area contributed by atoms with Crippen LogP contribution in [-0.2, 0) is 5.67 Å². The number of rotatable bonds is 4. The third-order valence-corrected chi connectivity index (χ3v) is 6.72. The molecule has 0 saturated carbocycles. The van der Waals surface area contributed by atoms with Crippen LogP contribution in [-0.4, -0.2) is 33.6 Å². The Morgan fingerprint density at radius 1 is 1.11 bits per heavy atom. The number of halogens is 1. The molecule has 2 N–H and O–H groups in total. The summed E-state index contributed by atoms with van der Waals surface area (Å²) in [4.78, 5) is 28.5. The fraction of sp³-hybridized carbons (Fsp3) is 0.286. The predicted octanol–water partition coefficient (Wildman–Crippen LogP) is 6.49. The monoisotopic (exact) mass is 500 g/mol. The zero-order chi connectivity index (χ0) is 26.2. The number of benzene rings is 1. The first-order valence-corrected chi connectivity index (χ1v) is 12.2. The summed E-state index contributed by atoms with van der Waals surface area (Å²) in [5, 5.41) is 6.43. The van der Waals surface area contributed by atoms with Gasteiger partial charge in [-0.05, 0) is 57.0 Å². The van der Waals surface area contributed by atoms with E-state index in [1.54, 1.807) is 23.4 Å². The van der Waals surface area contributed by atoms with E-state index in [2.05, 4.69) is 27.5 Å². The lowest BCUT2D eigenvalue weighted by Gasteiger charge is -2.30. The Kier molecular flexibility index (Phi) is 6.37. The Bertz CT molecular complexity index is 1420. The molecule has 0 spiro atoms. The van der Waals surface area contributed by atoms with Crippen LogP contribution in [0, 0.1) is 5.92 Å². The summed E-state index contributed by atoms with van der Waals surface area (Å²) < 4.78 is 20.0. The maximum Gasteiger partial charge on any atom is 0.327 e. The highest BCUT2D eigenvalue weighted by molar-refractivity contribution is 6.04. The molecule has 9 heteroatoms. The SMILES string of the molecule is C[C@@H]1CNc2ccc(-c3cncc(C(C)(C)F)c3)nc2N(C(=O)Nc2cccc(-c3cnco3)c2)[C@@H]1C. The summed E-state index contributed by atoms with van der Waals surface area (Å²) in [6, 6.07) is 12.4. The van der Waals surface area contributed by atoms with Gasteiger partial charge < -0.3 is 15.1 Å². The van der Waals surface area contributed by atoms with Gasteiger partial charge in [0.05, 0.1) is 17.6 Å².